The molecular weight excluding hydrogens is 158 g/mol. The third-order valence-corrected chi connectivity index (χ3v) is 2.41. The van der Waals surface area contributed by atoms with E-state index in [1.807, 2.05) is 12.1 Å². The third-order valence-electron chi connectivity index (χ3n) is 2.41. The normalized spacial score (nSPS) is 14.9. The van der Waals surface area contributed by atoms with Crippen molar-refractivity contribution < 1.29 is 0 Å². The van der Waals surface area contributed by atoms with Gasteiger partial charge in [-0.05, 0) is 12.0 Å². The lowest BCUT2D eigenvalue weighted by atomic mass is 9.84. The average molecular weight is 175 g/mol. The van der Waals surface area contributed by atoms with Gasteiger partial charge in [0.1, 0.15) is 0 Å². The van der Waals surface area contributed by atoms with Crippen LogP contribution in [-0.4, -0.2) is 6.54 Å². The first kappa shape index (κ1) is 10.0. The molecule has 1 aromatic carbocycles. The first-order chi connectivity index (χ1) is 6.20. The van der Waals surface area contributed by atoms with Gasteiger partial charge in [-0.3, -0.25) is 0 Å². The van der Waals surface area contributed by atoms with E-state index in [1.54, 1.807) is 0 Å². The Morgan fingerprint density at radius 2 is 2.00 bits per heavy atom. The smallest absolute Gasteiger partial charge is 0.00146 e. The monoisotopic (exact) mass is 175 g/mol. The number of nitrogens with two attached hydrogens (primary N) is 1. The molecule has 0 aromatic heterocycles. The second-order valence-electron chi connectivity index (χ2n) is 3.72. The number of hydrogen-bond donors (Lipinski definition) is 1. The van der Waals surface area contributed by atoms with E-state index in [0.29, 0.717) is 6.54 Å². The topological polar surface area (TPSA) is 26.0 Å². The summed E-state index contributed by atoms with van der Waals surface area (Å²) in [5.41, 5.74) is 7.04. The van der Waals surface area contributed by atoms with Crippen molar-refractivity contribution in [3.05, 3.63) is 48.6 Å². The molecule has 1 nitrogen and oxygen atoms in total. The van der Waals surface area contributed by atoms with Crippen molar-refractivity contribution in [3.63, 3.8) is 0 Å². The minimum Gasteiger partial charge on any atom is -0.330 e. The molecule has 2 N–H and O–H groups in total. The minimum absolute atomic E-state index is 0.0291. The second-order valence-corrected chi connectivity index (χ2v) is 3.72. The lowest BCUT2D eigenvalue weighted by Gasteiger charge is -2.23. The summed E-state index contributed by atoms with van der Waals surface area (Å²) in [6, 6.07) is 10.4. The van der Waals surface area contributed by atoms with Crippen LogP contribution in [0.2, 0.25) is 0 Å². The molecule has 1 unspecified atom stereocenters. The van der Waals surface area contributed by atoms with E-state index < -0.39 is 0 Å². The van der Waals surface area contributed by atoms with Gasteiger partial charge in [0.25, 0.3) is 0 Å². The Morgan fingerprint density at radius 1 is 1.38 bits per heavy atom. The Balaban J connectivity index is 2.73. The standard InChI is InChI=1S/C12H17N/c1-3-12(2,10-13)9-11-7-5-4-6-8-11/h3-8H,1,9-10,13H2,2H3. The van der Waals surface area contributed by atoms with Gasteiger partial charge in [-0.2, -0.15) is 0 Å². The molecule has 1 heteroatoms. The largest absolute Gasteiger partial charge is 0.330 e. The number of rotatable bonds is 4. The van der Waals surface area contributed by atoms with E-state index in [0.717, 1.165) is 6.42 Å². The number of hydrogen-bond acceptors (Lipinski definition) is 1. The van der Waals surface area contributed by atoms with Crippen molar-refractivity contribution in [2.75, 3.05) is 6.54 Å². The fraction of sp³-hybridized carbons (Fsp3) is 0.333. The molecule has 0 bridgehead atoms. The van der Waals surface area contributed by atoms with Crippen LogP contribution >= 0.6 is 0 Å². The van der Waals surface area contributed by atoms with Gasteiger partial charge in [0.2, 0.25) is 0 Å². The quantitative estimate of drug-likeness (QED) is 0.699. The van der Waals surface area contributed by atoms with E-state index in [1.165, 1.54) is 5.56 Å². The highest BCUT2D eigenvalue weighted by molar-refractivity contribution is 5.18. The van der Waals surface area contributed by atoms with Crippen molar-refractivity contribution in [2.24, 2.45) is 11.1 Å². The minimum atomic E-state index is 0.0291. The van der Waals surface area contributed by atoms with Crippen LogP contribution in [0.25, 0.3) is 0 Å². The van der Waals surface area contributed by atoms with Crippen molar-refractivity contribution in [1.29, 1.82) is 0 Å². The molecule has 13 heavy (non-hydrogen) atoms. The molecule has 1 atom stereocenters. The molecule has 0 saturated carbocycles. The maximum Gasteiger partial charge on any atom is 0.00146 e. The van der Waals surface area contributed by atoms with Crippen molar-refractivity contribution in [1.82, 2.24) is 0 Å². The Kier molecular flexibility index (Phi) is 3.26. The molecule has 0 aliphatic carbocycles. The Morgan fingerprint density at radius 3 is 2.46 bits per heavy atom. The fourth-order valence-electron chi connectivity index (χ4n) is 1.29. The van der Waals surface area contributed by atoms with Crippen LogP contribution in [0, 0.1) is 5.41 Å². The predicted molar refractivity (Wildman–Crippen MR) is 57.5 cm³/mol. The van der Waals surface area contributed by atoms with Gasteiger partial charge in [-0.15, -0.1) is 6.58 Å². The molecule has 0 saturated heterocycles. The van der Waals surface area contributed by atoms with Gasteiger partial charge in [0.15, 0.2) is 0 Å². The Bertz CT molecular complexity index is 266. The van der Waals surface area contributed by atoms with Crippen LogP contribution in [0.1, 0.15) is 12.5 Å². The summed E-state index contributed by atoms with van der Waals surface area (Å²) in [5.74, 6) is 0. The van der Waals surface area contributed by atoms with Crippen LogP contribution in [0.3, 0.4) is 0 Å². The van der Waals surface area contributed by atoms with E-state index in [4.69, 9.17) is 5.73 Å². The highest BCUT2D eigenvalue weighted by Crippen LogP contribution is 2.21. The molecule has 0 aliphatic rings. The zero-order valence-corrected chi connectivity index (χ0v) is 8.16. The molecule has 1 rings (SSSR count). The summed E-state index contributed by atoms with van der Waals surface area (Å²) in [4.78, 5) is 0. The van der Waals surface area contributed by atoms with Gasteiger partial charge >= 0.3 is 0 Å². The summed E-state index contributed by atoms with van der Waals surface area (Å²) in [6.45, 7) is 6.60. The zero-order valence-electron chi connectivity index (χ0n) is 8.16. The van der Waals surface area contributed by atoms with E-state index >= 15 is 0 Å². The van der Waals surface area contributed by atoms with Crippen molar-refractivity contribution >= 4 is 0 Å². The van der Waals surface area contributed by atoms with E-state index in [9.17, 15) is 0 Å². The maximum atomic E-state index is 5.69. The molecule has 70 valence electrons. The van der Waals surface area contributed by atoms with Gasteiger partial charge in [0.05, 0.1) is 0 Å². The molecule has 1 aromatic rings. The van der Waals surface area contributed by atoms with Gasteiger partial charge in [-0.25, -0.2) is 0 Å². The fourth-order valence-corrected chi connectivity index (χ4v) is 1.29. The van der Waals surface area contributed by atoms with Crippen molar-refractivity contribution in [2.45, 2.75) is 13.3 Å². The van der Waals surface area contributed by atoms with Crippen LogP contribution < -0.4 is 5.73 Å². The summed E-state index contributed by atoms with van der Waals surface area (Å²) in [6.07, 6.45) is 2.91. The molecule has 0 spiro atoms. The first-order valence-corrected chi connectivity index (χ1v) is 4.58. The van der Waals surface area contributed by atoms with Crippen LogP contribution in [0.4, 0.5) is 0 Å². The first-order valence-electron chi connectivity index (χ1n) is 4.58. The summed E-state index contributed by atoms with van der Waals surface area (Å²) >= 11 is 0. The molecule has 0 aliphatic heterocycles. The van der Waals surface area contributed by atoms with Gasteiger partial charge in [0, 0.05) is 12.0 Å². The van der Waals surface area contributed by atoms with Gasteiger partial charge < -0.3 is 5.73 Å². The second kappa shape index (κ2) is 4.24. The maximum absolute atomic E-state index is 5.69. The number of benzene rings is 1. The average Bonchev–Trinajstić information content (AvgIpc) is 2.19. The zero-order chi connectivity index (χ0) is 9.73. The van der Waals surface area contributed by atoms with E-state index in [2.05, 4.69) is 37.8 Å². The highest BCUT2D eigenvalue weighted by Gasteiger charge is 2.17. The highest BCUT2D eigenvalue weighted by atomic mass is 14.6. The molecule has 0 amide bonds. The van der Waals surface area contributed by atoms with Crippen LogP contribution in [0.15, 0.2) is 43.0 Å². The molecule has 0 radical (unpaired) electrons. The molecule has 0 heterocycles. The molecule has 0 fully saturated rings. The summed E-state index contributed by atoms with van der Waals surface area (Å²) in [5, 5.41) is 0. The van der Waals surface area contributed by atoms with Crippen LogP contribution in [0.5, 0.6) is 0 Å². The lowest BCUT2D eigenvalue weighted by Crippen LogP contribution is -2.27. The SMILES string of the molecule is C=CC(C)(CN)Cc1ccccc1. The summed E-state index contributed by atoms with van der Waals surface area (Å²) in [7, 11) is 0. The Labute approximate surface area is 80.3 Å². The predicted octanol–water partition coefficient (Wildman–Crippen LogP) is 2.38. The Hall–Kier alpha value is -1.08. The van der Waals surface area contributed by atoms with E-state index in [-0.39, 0.29) is 5.41 Å². The van der Waals surface area contributed by atoms with Gasteiger partial charge in [-0.1, -0.05) is 43.3 Å². The lowest BCUT2D eigenvalue weighted by molar-refractivity contribution is 0.439. The summed E-state index contributed by atoms with van der Waals surface area (Å²) < 4.78 is 0. The third kappa shape index (κ3) is 2.71. The molecular formula is C12H17N. The van der Waals surface area contributed by atoms with Crippen molar-refractivity contribution in [3.8, 4) is 0 Å². The van der Waals surface area contributed by atoms with Crippen LogP contribution in [-0.2, 0) is 6.42 Å².